The van der Waals surface area contributed by atoms with Crippen LogP contribution >= 0.6 is 22.9 Å². The number of amides is 1. The molecule has 5 nitrogen and oxygen atoms in total. The maximum absolute atomic E-state index is 12.3. The molecule has 0 aliphatic carbocycles. The minimum atomic E-state index is -4.79. The summed E-state index contributed by atoms with van der Waals surface area (Å²) < 4.78 is 40.3. The highest BCUT2D eigenvalue weighted by atomic mass is 35.5. The molecule has 0 aliphatic heterocycles. The van der Waals surface area contributed by atoms with Gasteiger partial charge in [0.15, 0.2) is 0 Å². The molecule has 0 aliphatic rings. The van der Waals surface area contributed by atoms with Crippen molar-refractivity contribution in [3.63, 3.8) is 0 Å². The number of thiazole rings is 1. The first-order valence-corrected chi connectivity index (χ1v) is 9.45. The lowest BCUT2D eigenvalue weighted by molar-refractivity contribution is -0.274. The van der Waals surface area contributed by atoms with E-state index in [1.165, 1.54) is 18.3 Å². The van der Waals surface area contributed by atoms with Crippen LogP contribution in [0.3, 0.4) is 0 Å². The van der Waals surface area contributed by atoms with Crippen LogP contribution < -0.4 is 10.1 Å². The van der Waals surface area contributed by atoms with Gasteiger partial charge in [-0.25, -0.2) is 4.98 Å². The van der Waals surface area contributed by atoms with Gasteiger partial charge in [0.1, 0.15) is 15.6 Å². The first-order valence-electron chi connectivity index (χ1n) is 8.25. The Morgan fingerprint density at radius 3 is 2.55 bits per heavy atom. The number of hydrogen-bond acceptors (Lipinski definition) is 5. The van der Waals surface area contributed by atoms with E-state index in [4.69, 9.17) is 11.6 Å². The van der Waals surface area contributed by atoms with Gasteiger partial charge < -0.3 is 15.2 Å². The molecule has 3 aromatic rings. The molecule has 2 aromatic carbocycles. The molecule has 1 amide bonds. The number of benzene rings is 2. The van der Waals surface area contributed by atoms with Gasteiger partial charge in [-0.2, -0.15) is 0 Å². The minimum Gasteiger partial charge on any atom is -0.406 e. The SMILES string of the molecule is O=C(NCC(O)c1ccc(OC(F)(F)F)cc1)c1cnc(-c2ccccc2Cl)s1. The molecule has 3 rings (SSSR count). The molecule has 152 valence electrons. The quantitative estimate of drug-likeness (QED) is 0.574. The van der Waals surface area contributed by atoms with Crippen LogP contribution in [0, 0.1) is 0 Å². The smallest absolute Gasteiger partial charge is 0.406 e. The van der Waals surface area contributed by atoms with Crippen LogP contribution in [-0.2, 0) is 0 Å². The van der Waals surface area contributed by atoms with Crippen molar-refractivity contribution in [3.8, 4) is 16.3 Å². The molecule has 0 bridgehead atoms. The van der Waals surface area contributed by atoms with Crippen molar-refractivity contribution < 1.29 is 27.8 Å². The second-order valence-corrected chi connectivity index (χ2v) is 7.29. The zero-order valence-corrected chi connectivity index (χ0v) is 16.2. The van der Waals surface area contributed by atoms with Crippen LogP contribution in [0.5, 0.6) is 5.75 Å². The van der Waals surface area contributed by atoms with Crippen molar-refractivity contribution in [3.05, 3.63) is 70.2 Å². The maximum atomic E-state index is 12.3. The summed E-state index contributed by atoms with van der Waals surface area (Å²) in [6.07, 6.45) is -4.48. The van der Waals surface area contributed by atoms with Crippen molar-refractivity contribution in [1.82, 2.24) is 10.3 Å². The summed E-state index contributed by atoms with van der Waals surface area (Å²) in [4.78, 5) is 16.8. The molecule has 1 unspecified atom stereocenters. The Bertz CT molecular complexity index is 993. The van der Waals surface area contributed by atoms with E-state index in [0.29, 0.717) is 26.0 Å². The third-order valence-corrected chi connectivity index (χ3v) is 5.15. The maximum Gasteiger partial charge on any atom is 0.573 e. The Balaban J connectivity index is 1.59. The van der Waals surface area contributed by atoms with Crippen molar-refractivity contribution in [2.75, 3.05) is 6.54 Å². The number of aliphatic hydroxyl groups excluding tert-OH is 1. The third-order valence-electron chi connectivity index (χ3n) is 3.79. The number of alkyl halides is 3. The van der Waals surface area contributed by atoms with Gasteiger partial charge in [-0.3, -0.25) is 4.79 Å². The summed E-state index contributed by atoms with van der Waals surface area (Å²) >= 11 is 7.28. The largest absolute Gasteiger partial charge is 0.573 e. The fourth-order valence-electron chi connectivity index (χ4n) is 2.42. The number of aromatic nitrogens is 1. The number of carbonyl (C=O) groups excluding carboxylic acids is 1. The van der Waals surface area contributed by atoms with Gasteiger partial charge in [-0.1, -0.05) is 41.9 Å². The summed E-state index contributed by atoms with van der Waals surface area (Å²) in [5.41, 5.74) is 1.04. The van der Waals surface area contributed by atoms with Gasteiger partial charge in [-0.05, 0) is 23.8 Å². The Hall–Kier alpha value is -2.62. The molecular weight excluding hydrogens is 429 g/mol. The van der Waals surface area contributed by atoms with E-state index in [0.717, 1.165) is 23.5 Å². The first kappa shape index (κ1) is 21.1. The standard InChI is InChI=1S/C19H14ClF3N2O3S/c20-14-4-2-1-3-13(14)18-25-10-16(29-18)17(27)24-9-15(26)11-5-7-12(8-6-11)28-19(21,22)23/h1-8,10,15,26H,9H2,(H,24,27). The lowest BCUT2D eigenvalue weighted by Gasteiger charge is -2.13. The fraction of sp³-hybridized carbons (Fsp3) is 0.158. The molecule has 0 saturated heterocycles. The molecular formula is C19H14ClF3N2O3S. The zero-order chi connectivity index (χ0) is 21.0. The topological polar surface area (TPSA) is 71.5 Å². The Morgan fingerprint density at radius 2 is 1.90 bits per heavy atom. The van der Waals surface area contributed by atoms with E-state index in [9.17, 15) is 23.1 Å². The number of nitrogens with zero attached hydrogens (tertiary/aromatic N) is 1. The van der Waals surface area contributed by atoms with Gasteiger partial charge >= 0.3 is 6.36 Å². The molecule has 0 fully saturated rings. The van der Waals surface area contributed by atoms with Crippen molar-refractivity contribution in [1.29, 1.82) is 0 Å². The Kier molecular flexibility index (Phi) is 6.41. The molecule has 29 heavy (non-hydrogen) atoms. The molecule has 1 heterocycles. The van der Waals surface area contributed by atoms with Crippen molar-refractivity contribution >= 4 is 28.8 Å². The number of ether oxygens (including phenoxy) is 1. The molecule has 0 saturated carbocycles. The highest BCUT2D eigenvalue weighted by molar-refractivity contribution is 7.17. The predicted molar refractivity (Wildman–Crippen MR) is 103 cm³/mol. The van der Waals surface area contributed by atoms with Crippen molar-refractivity contribution in [2.45, 2.75) is 12.5 Å². The number of hydrogen-bond donors (Lipinski definition) is 2. The Labute approximate surface area is 172 Å². The van der Waals surface area contributed by atoms with Gasteiger partial charge in [0.05, 0.1) is 17.3 Å². The summed E-state index contributed by atoms with van der Waals surface area (Å²) in [7, 11) is 0. The average molecular weight is 443 g/mol. The van der Waals surface area contributed by atoms with Crippen LogP contribution in [-0.4, -0.2) is 28.9 Å². The summed E-state index contributed by atoms with van der Waals surface area (Å²) in [5.74, 6) is -0.828. The highest BCUT2D eigenvalue weighted by Gasteiger charge is 2.31. The molecule has 1 aromatic heterocycles. The summed E-state index contributed by atoms with van der Waals surface area (Å²) in [6.45, 7) is -0.127. The van der Waals surface area contributed by atoms with E-state index in [-0.39, 0.29) is 6.54 Å². The van der Waals surface area contributed by atoms with Crippen LogP contribution in [0.4, 0.5) is 13.2 Å². The molecule has 10 heteroatoms. The number of halogens is 4. The first-order chi connectivity index (χ1) is 13.7. The lowest BCUT2D eigenvalue weighted by atomic mass is 10.1. The summed E-state index contributed by atoms with van der Waals surface area (Å²) in [6, 6.07) is 11.9. The van der Waals surface area contributed by atoms with Gasteiger partial charge in [0.25, 0.3) is 5.91 Å². The molecule has 1 atom stereocenters. The van der Waals surface area contributed by atoms with E-state index in [1.807, 2.05) is 6.07 Å². The number of carbonyl (C=O) groups is 1. The minimum absolute atomic E-state index is 0.127. The third kappa shape index (κ3) is 5.69. The van der Waals surface area contributed by atoms with Crippen LogP contribution in [0.25, 0.3) is 10.6 Å². The van der Waals surface area contributed by atoms with Crippen LogP contribution in [0.15, 0.2) is 54.7 Å². The number of nitrogens with one attached hydrogen (secondary N) is 1. The molecule has 0 radical (unpaired) electrons. The number of aliphatic hydroxyl groups is 1. The van der Waals surface area contributed by atoms with Crippen LogP contribution in [0.1, 0.15) is 21.3 Å². The van der Waals surface area contributed by atoms with E-state index in [1.54, 1.807) is 18.2 Å². The normalized spacial score (nSPS) is 12.4. The second-order valence-electron chi connectivity index (χ2n) is 5.85. The predicted octanol–water partition coefficient (Wildman–Crippen LogP) is 4.83. The van der Waals surface area contributed by atoms with Crippen LogP contribution in [0.2, 0.25) is 5.02 Å². The summed E-state index contributed by atoms with van der Waals surface area (Å²) in [5, 5.41) is 13.8. The second kappa shape index (κ2) is 8.81. The fourth-order valence-corrected chi connectivity index (χ4v) is 3.58. The average Bonchev–Trinajstić information content (AvgIpc) is 3.15. The number of rotatable bonds is 6. The molecule has 0 spiro atoms. The lowest BCUT2D eigenvalue weighted by Crippen LogP contribution is -2.27. The highest BCUT2D eigenvalue weighted by Crippen LogP contribution is 2.31. The zero-order valence-electron chi connectivity index (χ0n) is 14.6. The van der Waals surface area contributed by atoms with E-state index >= 15 is 0 Å². The van der Waals surface area contributed by atoms with Crippen molar-refractivity contribution in [2.24, 2.45) is 0 Å². The van der Waals surface area contributed by atoms with Gasteiger partial charge in [-0.15, -0.1) is 24.5 Å². The van der Waals surface area contributed by atoms with E-state index in [2.05, 4.69) is 15.0 Å². The molecule has 2 N–H and O–H groups in total. The van der Waals surface area contributed by atoms with E-state index < -0.39 is 24.1 Å². The monoisotopic (exact) mass is 442 g/mol. The van der Waals surface area contributed by atoms with Gasteiger partial charge in [0, 0.05) is 12.1 Å². The van der Waals surface area contributed by atoms with Gasteiger partial charge in [0.2, 0.25) is 0 Å². The Morgan fingerprint density at radius 1 is 1.21 bits per heavy atom.